The van der Waals surface area contributed by atoms with Gasteiger partial charge in [0.1, 0.15) is 11.5 Å². The van der Waals surface area contributed by atoms with Crippen molar-refractivity contribution in [2.24, 2.45) is 5.73 Å². The maximum atomic E-state index is 12.1. The molecule has 0 atom stereocenters. The molecule has 160 valence electrons. The number of ether oxygens (including phenoxy) is 1. The molecule has 4 aromatic rings. The second kappa shape index (κ2) is 9.26. The van der Waals surface area contributed by atoms with Crippen molar-refractivity contribution >= 4 is 5.91 Å². The number of rotatable bonds is 7. The lowest BCUT2D eigenvalue weighted by Gasteiger charge is -2.14. The van der Waals surface area contributed by atoms with Crippen LogP contribution in [0, 0.1) is 0 Å². The Kier molecular flexibility index (Phi) is 6.07. The molecule has 0 saturated heterocycles. The first-order valence-electron chi connectivity index (χ1n) is 10.2. The van der Waals surface area contributed by atoms with E-state index >= 15 is 0 Å². The molecule has 2 aromatic heterocycles. The SMILES string of the molecule is CCc1ccc(-c2ccc(Oc3cc(C(N)=O)ccc3Cn3ccccc3=O)cc2)nn1. The zero-order valence-electron chi connectivity index (χ0n) is 17.6. The number of benzene rings is 2. The summed E-state index contributed by atoms with van der Waals surface area (Å²) in [6.45, 7) is 2.33. The normalized spacial score (nSPS) is 10.7. The number of amides is 1. The van der Waals surface area contributed by atoms with E-state index in [1.807, 2.05) is 43.3 Å². The van der Waals surface area contributed by atoms with Crippen LogP contribution >= 0.6 is 0 Å². The Bertz CT molecular complexity index is 1300. The van der Waals surface area contributed by atoms with E-state index in [-0.39, 0.29) is 5.56 Å². The molecule has 0 bridgehead atoms. The van der Waals surface area contributed by atoms with Gasteiger partial charge in [0.2, 0.25) is 5.91 Å². The summed E-state index contributed by atoms with van der Waals surface area (Å²) in [4.78, 5) is 23.8. The smallest absolute Gasteiger partial charge is 0.250 e. The number of nitrogens with two attached hydrogens (primary N) is 1. The highest BCUT2D eigenvalue weighted by molar-refractivity contribution is 5.93. The van der Waals surface area contributed by atoms with E-state index in [0.29, 0.717) is 23.6 Å². The first-order valence-corrected chi connectivity index (χ1v) is 10.2. The monoisotopic (exact) mass is 426 g/mol. The third kappa shape index (κ3) is 4.73. The molecule has 1 amide bonds. The Balaban J connectivity index is 1.62. The largest absolute Gasteiger partial charge is 0.457 e. The molecule has 0 saturated carbocycles. The second-order valence-corrected chi connectivity index (χ2v) is 7.24. The standard InChI is InChI=1S/C25H22N4O3/c1-2-20-10-13-22(28-27-20)17-8-11-21(12-9-17)32-23-15-18(25(26)31)6-7-19(23)16-29-14-4-3-5-24(29)30/h3-15H,2,16H2,1H3,(H2,26,31). The number of hydrogen-bond donors (Lipinski definition) is 1. The lowest BCUT2D eigenvalue weighted by Crippen LogP contribution is -2.19. The first-order chi connectivity index (χ1) is 15.5. The number of aromatic nitrogens is 3. The van der Waals surface area contributed by atoms with E-state index in [9.17, 15) is 9.59 Å². The minimum absolute atomic E-state index is 0.128. The van der Waals surface area contributed by atoms with Crippen molar-refractivity contribution in [1.82, 2.24) is 14.8 Å². The molecule has 0 aliphatic heterocycles. The summed E-state index contributed by atoms with van der Waals surface area (Å²) in [6.07, 6.45) is 2.54. The van der Waals surface area contributed by atoms with Crippen LogP contribution < -0.4 is 16.0 Å². The quantitative estimate of drug-likeness (QED) is 0.484. The third-order valence-corrected chi connectivity index (χ3v) is 5.05. The van der Waals surface area contributed by atoms with E-state index in [1.165, 1.54) is 6.07 Å². The molecule has 0 spiro atoms. The summed E-state index contributed by atoms with van der Waals surface area (Å²) in [5.41, 5.74) is 9.01. The molecule has 0 aliphatic rings. The van der Waals surface area contributed by atoms with Gasteiger partial charge < -0.3 is 15.0 Å². The van der Waals surface area contributed by atoms with Gasteiger partial charge >= 0.3 is 0 Å². The summed E-state index contributed by atoms with van der Waals surface area (Å²) < 4.78 is 7.64. The molecule has 32 heavy (non-hydrogen) atoms. The van der Waals surface area contributed by atoms with Crippen LogP contribution in [-0.4, -0.2) is 20.7 Å². The van der Waals surface area contributed by atoms with Crippen molar-refractivity contribution in [2.75, 3.05) is 0 Å². The maximum Gasteiger partial charge on any atom is 0.250 e. The van der Waals surface area contributed by atoms with Gasteiger partial charge in [0.25, 0.3) is 5.56 Å². The van der Waals surface area contributed by atoms with Crippen LogP contribution in [0.15, 0.2) is 83.8 Å². The minimum atomic E-state index is -0.553. The molecular weight excluding hydrogens is 404 g/mol. The van der Waals surface area contributed by atoms with Crippen molar-refractivity contribution in [3.63, 3.8) is 0 Å². The molecule has 7 heteroatoms. The van der Waals surface area contributed by atoms with E-state index in [4.69, 9.17) is 10.5 Å². The van der Waals surface area contributed by atoms with Gasteiger partial charge in [-0.25, -0.2) is 0 Å². The molecule has 0 fully saturated rings. The molecule has 0 unspecified atom stereocenters. The van der Waals surface area contributed by atoms with Crippen molar-refractivity contribution in [1.29, 1.82) is 0 Å². The van der Waals surface area contributed by atoms with Gasteiger partial charge in [-0.15, -0.1) is 0 Å². The first kappa shape index (κ1) is 21.0. The predicted molar refractivity (Wildman–Crippen MR) is 122 cm³/mol. The van der Waals surface area contributed by atoms with Gasteiger partial charge in [-0.2, -0.15) is 10.2 Å². The topological polar surface area (TPSA) is 100 Å². The van der Waals surface area contributed by atoms with E-state index in [1.54, 1.807) is 41.1 Å². The Morgan fingerprint density at radius 1 is 1.00 bits per heavy atom. The predicted octanol–water partition coefficient (Wildman–Crippen LogP) is 3.81. The maximum absolute atomic E-state index is 12.1. The summed E-state index contributed by atoms with van der Waals surface area (Å²) in [5.74, 6) is 0.481. The van der Waals surface area contributed by atoms with Gasteiger partial charge in [0.05, 0.1) is 17.9 Å². The fourth-order valence-electron chi connectivity index (χ4n) is 3.23. The van der Waals surface area contributed by atoms with Crippen LogP contribution in [0.1, 0.15) is 28.5 Å². The molecule has 4 rings (SSSR count). The molecular formula is C25H22N4O3. The van der Waals surface area contributed by atoms with Gasteiger partial charge in [-0.05, 0) is 61.0 Å². The number of aryl methyl sites for hydroxylation is 1. The lowest BCUT2D eigenvalue weighted by molar-refractivity contribution is 0.1000. The highest BCUT2D eigenvalue weighted by Gasteiger charge is 2.11. The molecule has 7 nitrogen and oxygen atoms in total. The Morgan fingerprint density at radius 3 is 2.47 bits per heavy atom. The number of nitrogens with zero attached hydrogens (tertiary/aromatic N) is 3. The number of hydrogen-bond acceptors (Lipinski definition) is 5. The van der Waals surface area contributed by atoms with Crippen molar-refractivity contribution < 1.29 is 9.53 Å². The van der Waals surface area contributed by atoms with Crippen LogP contribution in [0.25, 0.3) is 11.3 Å². The second-order valence-electron chi connectivity index (χ2n) is 7.24. The van der Waals surface area contributed by atoms with E-state index in [2.05, 4.69) is 10.2 Å². The fraction of sp³-hybridized carbons (Fsp3) is 0.120. The minimum Gasteiger partial charge on any atom is -0.457 e. The van der Waals surface area contributed by atoms with Crippen LogP contribution in [0.4, 0.5) is 0 Å². The third-order valence-electron chi connectivity index (χ3n) is 5.05. The van der Waals surface area contributed by atoms with Crippen molar-refractivity contribution in [2.45, 2.75) is 19.9 Å². The summed E-state index contributed by atoms with van der Waals surface area (Å²) in [5, 5.41) is 8.45. The molecule has 2 N–H and O–H groups in total. The molecule has 0 aliphatic carbocycles. The zero-order valence-corrected chi connectivity index (χ0v) is 17.6. The number of carbonyl (C=O) groups excluding carboxylic acids is 1. The van der Waals surface area contributed by atoms with Crippen LogP contribution in [-0.2, 0) is 13.0 Å². The molecule has 2 heterocycles. The molecule has 2 aromatic carbocycles. The number of carbonyl (C=O) groups is 1. The average Bonchev–Trinajstić information content (AvgIpc) is 2.82. The Labute approximate surface area is 185 Å². The Hall–Kier alpha value is -4.26. The van der Waals surface area contributed by atoms with Gasteiger partial charge in [0, 0.05) is 29.0 Å². The van der Waals surface area contributed by atoms with Crippen LogP contribution in [0.5, 0.6) is 11.5 Å². The lowest BCUT2D eigenvalue weighted by atomic mass is 10.1. The average molecular weight is 426 g/mol. The van der Waals surface area contributed by atoms with Gasteiger partial charge in [-0.3, -0.25) is 9.59 Å². The van der Waals surface area contributed by atoms with Crippen molar-refractivity contribution in [3.05, 3.63) is 106 Å². The van der Waals surface area contributed by atoms with Crippen LogP contribution in [0.2, 0.25) is 0 Å². The highest BCUT2D eigenvalue weighted by atomic mass is 16.5. The van der Waals surface area contributed by atoms with Gasteiger partial charge in [-0.1, -0.05) is 19.1 Å². The summed E-state index contributed by atoms with van der Waals surface area (Å²) in [6, 6.07) is 21.3. The van der Waals surface area contributed by atoms with Crippen LogP contribution in [0.3, 0.4) is 0 Å². The number of primary amides is 1. The van der Waals surface area contributed by atoms with Gasteiger partial charge in [0.15, 0.2) is 0 Å². The summed E-state index contributed by atoms with van der Waals surface area (Å²) in [7, 11) is 0. The number of pyridine rings is 1. The summed E-state index contributed by atoms with van der Waals surface area (Å²) >= 11 is 0. The van der Waals surface area contributed by atoms with E-state index in [0.717, 1.165) is 28.9 Å². The zero-order chi connectivity index (χ0) is 22.5. The Morgan fingerprint density at radius 2 is 1.81 bits per heavy atom. The van der Waals surface area contributed by atoms with Crippen molar-refractivity contribution in [3.8, 4) is 22.8 Å². The fourth-order valence-corrected chi connectivity index (χ4v) is 3.23. The highest BCUT2D eigenvalue weighted by Crippen LogP contribution is 2.29. The molecule has 0 radical (unpaired) electrons. The van der Waals surface area contributed by atoms with E-state index < -0.39 is 5.91 Å².